The Bertz CT molecular complexity index is 820. The second-order valence-corrected chi connectivity index (χ2v) is 5.95. The van der Waals surface area contributed by atoms with E-state index in [4.69, 9.17) is 16.3 Å². The summed E-state index contributed by atoms with van der Waals surface area (Å²) in [7, 11) is -2.59. The van der Waals surface area contributed by atoms with Crippen LogP contribution in [0.4, 0.5) is 4.39 Å². The predicted molar refractivity (Wildman–Crippen MR) is 73.4 cm³/mol. The fourth-order valence-electron chi connectivity index (χ4n) is 1.51. The number of methoxy groups -OCH3 is 1. The van der Waals surface area contributed by atoms with E-state index in [9.17, 15) is 12.8 Å². The van der Waals surface area contributed by atoms with Gasteiger partial charge in [0.1, 0.15) is 12.5 Å². The van der Waals surface area contributed by atoms with Gasteiger partial charge in [-0.25, -0.2) is 9.07 Å². The van der Waals surface area contributed by atoms with Crippen molar-refractivity contribution in [3.8, 4) is 0 Å². The molecule has 0 atom stereocenters. The van der Waals surface area contributed by atoms with E-state index in [1.54, 1.807) is 0 Å². The lowest BCUT2D eigenvalue weighted by Gasteiger charge is -2.04. The van der Waals surface area contributed by atoms with Crippen molar-refractivity contribution < 1.29 is 17.5 Å². The summed E-state index contributed by atoms with van der Waals surface area (Å²) in [4.78, 5) is -0.207. The molecular weight excluding hydrogens is 321 g/mol. The molecule has 2 aromatic rings. The molecule has 0 saturated carbocycles. The maximum absolute atomic E-state index is 13.1. The second kappa shape index (κ2) is 6.33. The Hall–Kier alpha value is -1.77. The van der Waals surface area contributed by atoms with Crippen LogP contribution in [0.1, 0.15) is 0 Å². The van der Waals surface area contributed by atoms with Crippen LogP contribution in [0.15, 0.2) is 45.8 Å². The van der Waals surface area contributed by atoms with Crippen molar-refractivity contribution in [3.05, 3.63) is 52.9 Å². The molecule has 0 spiro atoms. The summed E-state index contributed by atoms with van der Waals surface area (Å²) in [5.41, 5.74) is 0.0831. The van der Waals surface area contributed by atoms with Crippen LogP contribution in [0.3, 0.4) is 0 Å². The molecule has 0 fully saturated rings. The summed E-state index contributed by atoms with van der Waals surface area (Å²) in [6.45, 7) is 0.0410. The molecule has 2 rings (SSSR count). The van der Waals surface area contributed by atoms with E-state index >= 15 is 0 Å². The fourth-order valence-corrected chi connectivity index (χ4v) is 2.76. The van der Waals surface area contributed by atoms with Gasteiger partial charge in [0.05, 0.1) is 9.92 Å². The van der Waals surface area contributed by atoms with Gasteiger partial charge in [0.2, 0.25) is 0 Å². The van der Waals surface area contributed by atoms with Gasteiger partial charge >= 0.3 is 0 Å². The quantitative estimate of drug-likeness (QED) is 0.852. The van der Waals surface area contributed by atoms with Gasteiger partial charge < -0.3 is 4.74 Å². The number of benzene rings is 1. The maximum Gasteiger partial charge on any atom is 0.284 e. The van der Waals surface area contributed by atoms with Gasteiger partial charge in [0, 0.05) is 13.3 Å². The summed E-state index contributed by atoms with van der Waals surface area (Å²) in [5.74, 6) is -0.702. The van der Waals surface area contributed by atoms with Crippen molar-refractivity contribution in [1.29, 1.82) is 0 Å². The van der Waals surface area contributed by atoms with Crippen molar-refractivity contribution >= 4 is 21.6 Å². The van der Waals surface area contributed by atoms with Crippen molar-refractivity contribution in [2.45, 2.75) is 11.6 Å². The Kier molecular flexibility index (Phi) is 4.71. The molecular formula is C12H11ClFN3O3S. The molecule has 0 amide bonds. The highest BCUT2D eigenvalue weighted by Crippen LogP contribution is 2.20. The van der Waals surface area contributed by atoms with Gasteiger partial charge in [-0.1, -0.05) is 11.6 Å². The lowest BCUT2D eigenvalue weighted by Crippen LogP contribution is -2.25. The largest absolute Gasteiger partial charge is 0.362 e. The number of nitrogens with zero attached hydrogens (tertiary/aromatic N) is 3. The molecule has 0 N–H and O–H groups in total. The average Bonchev–Trinajstić information content (AvgIpc) is 2.44. The Balaban J connectivity index is 2.55. The first-order valence-electron chi connectivity index (χ1n) is 5.71. The molecule has 6 nitrogen and oxygen atoms in total. The average molecular weight is 332 g/mol. The van der Waals surface area contributed by atoms with Crippen molar-refractivity contribution in [3.63, 3.8) is 0 Å². The number of hydrogen-bond acceptors (Lipinski definition) is 4. The number of rotatable bonds is 4. The number of sulfonamides is 1. The Labute approximate surface area is 125 Å². The zero-order valence-electron chi connectivity index (χ0n) is 10.9. The van der Waals surface area contributed by atoms with E-state index in [1.807, 2.05) is 0 Å². The molecule has 0 aliphatic heterocycles. The highest BCUT2D eigenvalue weighted by molar-refractivity contribution is 7.90. The third kappa shape index (κ3) is 3.66. The zero-order chi connectivity index (χ0) is 15.5. The van der Waals surface area contributed by atoms with Gasteiger partial charge in [-0.2, -0.15) is 13.5 Å². The molecule has 21 heavy (non-hydrogen) atoms. The molecule has 0 aliphatic rings. The van der Waals surface area contributed by atoms with Gasteiger partial charge in [-0.05, 0) is 30.3 Å². The van der Waals surface area contributed by atoms with Crippen molar-refractivity contribution in [2.24, 2.45) is 4.40 Å². The zero-order valence-corrected chi connectivity index (χ0v) is 12.5. The van der Waals surface area contributed by atoms with Gasteiger partial charge in [0.25, 0.3) is 10.0 Å². The summed E-state index contributed by atoms with van der Waals surface area (Å²) < 4.78 is 47.3. The first kappa shape index (κ1) is 15.6. The molecule has 9 heteroatoms. The predicted octanol–water partition coefficient (Wildman–Crippen LogP) is 1.57. The number of halogens is 2. The molecule has 1 aromatic carbocycles. The maximum atomic E-state index is 13.1. The minimum Gasteiger partial charge on any atom is -0.362 e. The van der Waals surface area contributed by atoms with E-state index in [-0.39, 0.29) is 22.1 Å². The SMILES string of the molecule is COCn1nccc/c1=N\S(=O)(=O)c1ccc(F)c(Cl)c1. The molecule has 0 radical (unpaired) electrons. The molecule has 1 heterocycles. The third-order valence-electron chi connectivity index (χ3n) is 2.46. The molecule has 0 unspecified atom stereocenters. The number of hydrogen-bond donors (Lipinski definition) is 0. The van der Waals surface area contributed by atoms with Gasteiger partial charge in [-0.15, -0.1) is 4.40 Å². The smallest absolute Gasteiger partial charge is 0.284 e. The Morgan fingerprint density at radius 3 is 2.86 bits per heavy atom. The van der Waals surface area contributed by atoms with Crippen LogP contribution in [0.2, 0.25) is 5.02 Å². The molecule has 0 saturated heterocycles. The summed E-state index contributed by atoms with van der Waals surface area (Å²) in [6, 6.07) is 6.08. The topological polar surface area (TPSA) is 73.5 Å². The summed E-state index contributed by atoms with van der Waals surface area (Å²) >= 11 is 5.59. The Morgan fingerprint density at radius 1 is 1.43 bits per heavy atom. The summed E-state index contributed by atoms with van der Waals surface area (Å²) in [6.07, 6.45) is 1.47. The standard InChI is InChI=1S/C12H11ClFN3O3S/c1-20-8-17-12(3-2-6-15-17)16-21(18,19)9-4-5-11(14)10(13)7-9/h2-7H,8H2,1H3/b16-12+. The lowest BCUT2D eigenvalue weighted by atomic mass is 10.3. The molecule has 112 valence electrons. The van der Waals surface area contributed by atoms with Crippen LogP contribution in [0.25, 0.3) is 0 Å². The van der Waals surface area contributed by atoms with Crippen LogP contribution in [-0.2, 0) is 21.5 Å². The van der Waals surface area contributed by atoms with E-state index in [1.165, 1.54) is 30.1 Å². The van der Waals surface area contributed by atoms with Gasteiger partial charge in [-0.3, -0.25) is 0 Å². The first-order valence-corrected chi connectivity index (χ1v) is 7.53. The fraction of sp³-hybridized carbons (Fsp3) is 0.167. The molecule has 1 aromatic heterocycles. The van der Waals surface area contributed by atoms with E-state index in [0.29, 0.717) is 0 Å². The summed E-state index contributed by atoms with van der Waals surface area (Å²) in [5, 5.41) is 3.64. The van der Waals surface area contributed by atoms with E-state index < -0.39 is 15.8 Å². The van der Waals surface area contributed by atoms with E-state index in [2.05, 4.69) is 9.50 Å². The van der Waals surface area contributed by atoms with Crippen LogP contribution in [-0.4, -0.2) is 25.3 Å². The van der Waals surface area contributed by atoms with E-state index in [0.717, 1.165) is 18.2 Å². The number of ether oxygens (including phenoxy) is 1. The normalized spacial score (nSPS) is 12.6. The minimum atomic E-state index is -4.04. The molecule has 0 aliphatic carbocycles. The lowest BCUT2D eigenvalue weighted by molar-refractivity contribution is 0.115. The Morgan fingerprint density at radius 2 is 2.19 bits per heavy atom. The highest BCUT2D eigenvalue weighted by atomic mass is 35.5. The van der Waals surface area contributed by atoms with Gasteiger partial charge in [0.15, 0.2) is 5.49 Å². The second-order valence-electron chi connectivity index (χ2n) is 3.94. The van der Waals surface area contributed by atoms with Crippen molar-refractivity contribution in [1.82, 2.24) is 9.78 Å². The van der Waals surface area contributed by atoms with Crippen LogP contribution < -0.4 is 5.49 Å². The van der Waals surface area contributed by atoms with Crippen LogP contribution >= 0.6 is 11.6 Å². The monoisotopic (exact) mass is 331 g/mol. The number of aromatic nitrogens is 2. The van der Waals surface area contributed by atoms with Crippen molar-refractivity contribution in [2.75, 3.05) is 7.11 Å². The minimum absolute atomic E-state index is 0.0410. The first-order chi connectivity index (χ1) is 9.94. The third-order valence-corrected chi connectivity index (χ3v) is 4.02. The van der Waals surface area contributed by atoms with Crippen LogP contribution in [0, 0.1) is 5.82 Å². The highest BCUT2D eigenvalue weighted by Gasteiger charge is 2.15. The molecule has 0 bridgehead atoms. The van der Waals surface area contributed by atoms with Crippen LogP contribution in [0.5, 0.6) is 0 Å².